The van der Waals surface area contributed by atoms with E-state index in [0.717, 1.165) is 0 Å². The molecular formula is C19H18N6O3S2. The van der Waals surface area contributed by atoms with Gasteiger partial charge >= 0.3 is 6.03 Å². The predicted molar refractivity (Wildman–Crippen MR) is 119 cm³/mol. The lowest BCUT2D eigenvalue weighted by Crippen LogP contribution is -2.19. The molecule has 4 N–H and O–H groups in total. The highest BCUT2D eigenvalue weighted by Crippen LogP contribution is 2.26. The average Bonchev–Trinajstić information content (AvgIpc) is 3.14. The molecule has 0 saturated carbocycles. The number of hydrogen-bond acceptors (Lipinski definition) is 7. The lowest BCUT2D eigenvalue weighted by molar-refractivity contribution is -0.114. The minimum atomic E-state index is -0.425. The minimum absolute atomic E-state index is 0.120. The van der Waals surface area contributed by atoms with Crippen molar-refractivity contribution in [2.24, 2.45) is 0 Å². The number of thioether (sulfide) groups is 1. The number of para-hydroxylation sites is 1. The number of rotatable bonds is 7. The lowest BCUT2D eigenvalue weighted by Gasteiger charge is -2.07. The molecule has 0 atom stereocenters. The van der Waals surface area contributed by atoms with Gasteiger partial charge in [0.05, 0.1) is 5.75 Å². The topological polar surface area (TPSA) is 125 Å². The maximum absolute atomic E-state index is 12.2. The smallest absolute Gasteiger partial charge is 0.325 e. The van der Waals surface area contributed by atoms with E-state index in [1.54, 1.807) is 36.4 Å². The number of carbonyl (C=O) groups excluding carboxylic acids is 3. The molecule has 0 spiro atoms. The molecule has 0 radical (unpaired) electrons. The molecule has 2 aromatic carbocycles. The molecular weight excluding hydrogens is 424 g/mol. The van der Waals surface area contributed by atoms with Gasteiger partial charge in [0, 0.05) is 24.0 Å². The molecule has 154 valence electrons. The van der Waals surface area contributed by atoms with Crippen molar-refractivity contribution in [1.82, 2.24) is 10.2 Å². The zero-order valence-corrected chi connectivity index (χ0v) is 17.5. The first-order valence-corrected chi connectivity index (χ1v) is 10.5. The molecule has 9 nitrogen and oxygen atoms in total. The Morgan fingerprint density at radius 2 is 1.57 bits per heavy atom. The fourth-order valence-electron chi connectivity index (χ4n) is 2.30. The molecule has 4 amide bonds. The summed E-state index contributed by atoms with van der Waals surface area (Å²) in [6.45, 7) is 1.42. The molecule has 0 unspecified atom stereocenters. The van der Waals surface area contributed by atoms with Crippen LogP contribution in [-0.2, 0) is 9.59 Å². The van der Waals surface area contributed by atoms with Gasteiger partial charge in [-0.05, 0) is 30.3 Å². The molecule has 1 heterocycles. The number of aromatic nitrogens is 2. The fraction of sp³-hybridized carbons (Fsp3) is 0.105. The van der Waals surface area contributed by atoms with Crippen molar-refractivity contribution in [1.29, 1.82) is 0 Å². The zero-order valence-electron chi connectivity index (χ0n) is 15.8. The highest BCUT2D eigenvalue weighted by atomic mass is 32.2. The summed E-state index contributed by atoms with van der Waals surface area (Å²) in [7, 11) is 0. The van der Waals surface area contributed by atoms with Gasteiger partial charge in [-0.2, -0.15) is 0 Å². The van der Waals surface area contributed by atoms with Gasteiger partial charge in [0.2, 0.25) is 16.9 Å². The number of benzene rings is 2. The predicted octanol–water partition coefficient (Wildman–Crippen LogP) is 3.87. The number of hydrogen-bond donors (Lipinski definition) is 4. The van der Waals surface area contributed by atoms with Crippen LogP contribution < -0.4 is 21.3 Å². The van der Waals surface area contributed by atoms with Gasteiger partial charge in [0.25, 0.3) is 0 Å². The SMILES string of the molecule is CC(=O)Nc1cccc(NC(=O)CSc2nnc(NC(=O)Nc3ccccc3)s2)c1. The molecule has 1 aromatic heterocycles. The van der Waals surface area contributed by atoms with Gasteiger partial charge in [0.15, 0.2) is 4.34 Å². The number of nitrogens with zero attached hydrogens (tertiary/aromatic N) is 2. The maximum atomic E-state index is 12.2. The van der Waals surface area contributed by atoms with Crippen LogP contribution in [0.5, 0.6) is 0 Å². The molecule has 0 fully saturated rings. The van der Waals surface area contributed by atoms with E-state index < -0.39 is 6.03 Å². The van der Waals surface area contributed by atoms with Crippen molar-refractivity contribution in [3.05, 3.63) is 54.6 Å². The van der Waals surface area contributed by atoms with Crippen LogP contribution in [-0.4, -0.2) is 33.8 Å². The normalized spacial score (nSPS) is 10.2. The number of nitrogens with one attached hydrogen (secondary N) is 4. The Balaban J connectivity index is 1.46. The van der Waals surface area contributed by atoms with E-state index in [1.807, 2.05) is 18.2 Å². The quantitative estimate of drug-likeness (QED) is 0.325. The van der Waals surface area contributed by atoms with Crippen LogP contribution in [0.3, 0.4) is 0 Å². The monoisotopic (exact) mass is 442 g/mol. The van der Waals surface area contributed by atoms with Crippen molar-refractivity contribution in [3.63, 3.8) is 0 Å². The van der Waals surface area contributed by atoms with Crippen molar-refractivity contribution < 1.29 is 14.4 Å². The Labute approximate surface area is 180 Å². The number of anilines is 4. The van der Waals surface area contributed by atoms with Crippen LogP contribution in [0.1, 0.15) is 6.92 Å². The van der Waals surface area contributed by atoms with E-state index in [9.17, 15) is 14.4 Å². The largest absolute Gasteiger partial charge is 0.326 e. The van der Waals surface area contributed by atoms with E-state index in [2.05, 4.69) is 31.5 Å². The van der Waals surface area contributed by atoms with E-state index in [4.69, 9.17) is 0 Å². The van der Waals surface area contributed by atoms with Gasteiger partial charge in [-0.1, -0.05) is 47.4 Å². The average molecular weight is 443 g/mol. The summed E-state index contributed by atoms with van der Waals surface area (Å²) in [5.74, 6) is -0.298. The number of urea groups is 1. The fourth-order valence-corrected chi connectivity index (χ4v) is 3.85. The van der Waals surface area contributed by atoms with E-state index >= 15 is 0 Å². The molecule has 3 aromatic rings. The summed E-state index contributed by atoms with van der Waals surface area (Å²) in [6, 6.07) is 15.5. The molecule has 0 saturated heterocycles. The van der Waals surface area contributed by atoms with Crippen LogP contribution in [0.15, 0.2) is 58.9 Å². The second-order valence-corrected chi connectivity index (χ2v) is 8.12. The third-order valence-electron chi connectivity index (χ3n) is 3.45. The number of carbonyl (C=O) groups is 3. The summed E-state index contributed by atoms with van der Waals surface area (Å²) in [4.78, 5) is 35.3. The highest BCUT2D eigenvalue weighted by molar-refractivity contribution is 8.01. The van der Waals surface area contributed by atoms with E-state index in [1.165, 1.54) is 30.0 Å². The van der Waals surface area contributed by atoms with Crippen molar-refractivity contribution >= 4 is 63.1 Å². The number of amides is 4. The molecule has 0 aliphatic rings. The van der Waals surface area contributed by atoms with Crippen LogP contribution in [0.2, 0.25) is 0 Å². The van der Waals surface area contributed by atoms with Gasteiger partial charge in [0.1, 0.15) is 0 Å². The Kier molecular flexibility index (Phi) is 7.35. The summed E-state index contributed by atoms with van der Waals surface area (Å²) in [5, 5.41) is 18.9. The Bertz CT molecular complexity index is 1040. The lowest BCUT2D eigenvalue weighted by atomic mass is 10.2. The summed E-state index contributed by atoms with van der Waals surface area (Å²) < 4.78 is 0.548. The van der Waals surface area contributed by atoms with Crippen LogP contribution in [0, 0.1) is 0 Å². The molecule has 11 heteroatoms. The molecule has 0 aliphatic carbocycles. The molecule has 0 aliphatic heterocycles. The third-order valence-corrected chi connectivity index (χ3v) is 5.42. The first-order valence-electron chi connectivity index (χ1n) is 8.75. The highest BCUT2D eigenvalue weighted by Gasteiger charge is 2.11. The van der Waals surface area contributed by atoms with Crippen LogP contribution >= 0.6 is 23.1 Å². The van der Waals surface area contributed by atoms with Crippen LogP contribution in [0.25, 0.3) is 0 Å². The Morgan fingerprint density at radius 1 is 0.867 bits per heavy atom. The first kappa shape index (κ1) is 21.3. The summed E-state index contributed by atoms with van der Waals surface area (Å²) >= 11 is 2.38. The standard InChI is InChI=1S/C19H18N6O3S2/c1-12(26)20-14-8-5-9-15(10-14)21-16(27)11-29-19-25-24-18(30-19)23-17(28)22-13-6-3-2-4-7-13/h2-10H,11H2,1H3,(H,20,26)(H,21,27)(H2,22,23,24,28). The zero-order chi connectivity index (χ0) is 21.3. The van der Waals surface area contributed by atoms with Crippen molar-refractivity contribution in [2.45, 2.75) is 11.3 Å². The summed E-state index contributed by atoms with van der Waals surface area (Å²) in [6.07, 6.45) is 0. The first-order chi connectivity index (χ1) is 14.5. The second-order valence-electron chi connectivity index (χ2n) is 5.92. The van der Waals surface area contributed by atoms with E-state index in [0.29, 0.717) is 26.5 Å². The Hall–Kier alpha value is -3.44. The van der Waals surface area contributed by atoms with Crippen LogP contribution in [0.4, 0.5) is 27.0 Å². The third kappa shape index (κ3) is 6.87. The Morgan fingerprint density at radius 3 is 2.30 bits per heavy atom. The van der Waals surface area contributed by atoms with Gasteiger partial charge < -0.3 is 16.0 Å². The van der Waals surface area contributed by atoms with Gasteiger partial charge in [-0.25, -0.2) is 4.79 Å². The summed E-state index contributed by atoms with van der Waals surface area (Å²) in [5.41, 5.74) is 1.83. The van der Waals surface area contributed by atoms with Gasteiger partial charge in [-0.3, -0.25) is 14.9 Å². The minimum Gasteiger partial charge on any atom is -0.326 e. The second kappa shape index (κ2) is 10.4. The van der Waals surface area contributed by atoms with Gasteiger partial charge in [-0.15, -0.1) is 10.2 Å². The van der Waals surface area contributed by atoms with E-state index in [-0.39, 0.29) is 17.6 Å². The van der Waals surface area contributed by atoms with Crippen molar-refractivity contribution in [2.75, 3.05) is 27.0 Å². The molecule has 3 rings (SSSR count). The molecule has 30 heavy (non-hydrogen) atoms. The maximum Gasteiger partial charge on any atom is 0.325 e. The molecule has 0 bridgehead atoms. The van der Waals surface area contributed by atoms with Crippen molar-refractivity contribution in [3.8, 4) is 0 Å².